The predicted octanol–water partition coefficient (Wildman–Crippen LogP) is 2.66. The van der Waals surface area contributed by atoms with Crippen LogP contribution in [0.3, 0.4) is 0 Å². The number of hydrogen-bond donors (Lipinski definition) is 2. The van der Waals surface area contributed by atoms with Crippen molar-refractivity contribution in [3.8, 4) is 11.5 Å². The van der Waals surface area contributed by atoms with E-state index in [0.29, 0.717) is 18.9 Å². The van der Waals surface area contributed by atoms with E-state index in [1.165, 1.54) is 0 Å². The van der Waals surface area contributed by atoms with Gasteiger partial charge in [0, 0.05) is 6.54 Å². The number of nitrogens with one attached hydrogen (secondary N) is 2. The van der Waals surface area contributed by atoms with Crippen LogP contribution in [-0.2, 0) is 11.3 Å². The van der Waals surface area contributed by atoms with Crippen molar-refractivity contribution in [1.29, 1.82) is 0 Å². The first-order valence-corrected chi connectivity index (χ1v) is 8.05. The van der Waals surface area contributed by atoms with Gasteiger partial charge in [0.25, 0.3) is 0 Å². The van der Waals surface area contributed by atoms with Gasteiger partial charge in [0.1, 0.15) is 0 Å². The standard InChI is InChI=1S/C17H26N2O3.ClH/c1-3-4-10-22-15-8-7-13(11-16(15)21-2)12-19-17(20)14-6-5-9-18-14;/h7-8,11,14,18H,3-6,9-10,12H2,1-2H3,(H,19,20);1H. The first-order chi connectivity index (χ1) is 10.7. The molecule has 1 unspecified atom stereocenters. The Morgan fingerprint density at radius 3 is 2.87 bits per heavy atom. The summed E-state index contributed by atoms with van der Waals surface area (Å²) in [6, 6.07) is 5.75. The van der Waals surface area contributed by atoms with Gasteiger partial charge in [-0.05, 0) is 43.5 Å². The third-order valence-corrected chi connectivity index (χ3v) is 3.83. The monoisotopic (exact) mass is 342 g/mol. The molecule has 2 rings (SSSR count). The molecular weight excluding hydrogens is 316 g/mol. The summed E-state index contributed by atoms with van der Waals surface area (Å²) in [6.07, 6.45) is 4.10. The van der Waals surface area contributed by atoms with Crippen LogP contribution in [0.15, 0.2) is 18.2 Å². The van der Waals surface area contributed by atoms with Crippen LogP contribution in [0.25, 0.3) is 0 Å². The number of carbonyl (C=O) groups excluding carboxylic acids is 1. The van der Waals surface area contributed by atoms with Gasteiger partial charge in [-0.25, -0.2) is 0 Å². The minimum Gasteiger partial charge on any atom is -0.493 e. The quantitative estimate of drug-likeness (QED) is 0.713. The first kappa shape index (κ1) is 19.6. The van der Waals surface area contributed by atoms with E-state index in [2.05, 4.69) is 17.6 Å². The van der Waals surface area contributed by atoms with E-state index in [-0.39, 0.29) is 24.4 Å². The molecule has 0 saturated carbocycles. The van der Waals surface area contributed by atoms with E-state index < -0.39 is 0 Å². The molecule has 1 aliphatic rings. The Morgan fingerprint density at radius 1 is 1.39 bits per heavy atom. The zero-order valence-corrected chi connectivity index (χ0v) is 14.7. The third-order valence-electron chi connectivity index (χ3n) is 3.83. The van der Waals surface area contributed by atoms with Crippen LogP contribution >= 0.6 is 12.4 Å². The number of ether oxygens (including phenoxy) is 2. The van der Waals surface area contributed by atoms with Crippen LogP contribution < -0.4 is 20.1 Å². The summed E-state index contributed by atoms with van der Waals surface area (Å²) in [5, 5.41) is 6.16. The van der Waals surface area contributed by atoms with Crippen LogP contribution in [0.5, 0.6) is 11.5 Å². The lowest BCUT2D eigenvalue weighted by molar-refractivity contribution is -0.122. The third kappa shape index (κ3) is 5.92. The molecule has 2 N–H and O–H groups in total. The second kappa shape index (κ2) is 10.3. The highest BCUT2D eigenvalue weighted by Crippen LogP contribution is 2.28. The molecule has 1 amide bonds. The Labute approximate surface area is 144 Å². The molecule has 0 aliphatic carbocycles. The molecule has 1 atom stereocenters. The minimum atomic E-state index is -0.0430. The fourth-order valence-electron chi connectivity index (χ4n) is 2.49. The zero-order chi connectivity index (χ0) is 15.8. The van der Waals surface area contributed by atoms with Gasteiger partial charge in [0.15, 0.2) is 11.5 Å². The molecule has 0 radical (unpaired) electrons. The van der Waals surface area contributed by atoms with Crippen molar-refractivity contribution >= 4 is 18.3 Å². The van der Waals surface area contributed by atoms with Crippen LogP contribution in [0.4, 0.5) is 0 Å². The van der Waals surface area contributed by atoms with Crippen molar-refractivity contribution in [2.75, 3.05) is 20.3 Å². The Bertz CT molecular complexity index is 491. The number of benzene rings is 1. The summed E-state index contributed by atoms with van der Waals surface area (Å²) < 4.78 is 11.1. The van der Waals surface area contributed by atoms with Crippen molar-refractivity contribution in [1.82, 2.24) is 10.6 Å². The van der Waals surface area contributed by atoms with Crippen LogP contribution in [0.2, 0.25) is 0 Å². The molecule has 0 spiro atoms. The molecule has 1 aromatic rings. The lowest BCUT2D eigenvalue weighted by Crippen LogP contribution is -2.39. The van der Waals surface area contributed by atoms with Crippen molar-refractivity contribution in [3.63, 3.8) is 0 Å². The highest BCUT2D eigenvalue weighted by Gasteiger charge is 2.21. The summed E-state index contributed by atoms with van der Waals surface area (Å²) >= 11 is 0. The van der Waals surface area contributed by atoms with Gasteiger partial charge < -0.3 is 20.1 Å². The largest absolute Gasteiger partial charge is 0.493 e. The molecular formula is C17H27ClN2O3. The Morgan fingerprint density at radius 2 is 2.22 bits per heavy atom. The fourth-order valence-corrected chi connectivity index (χ4v) is 2.49. The lowest BCUT2D eigenvalue weighted by Gasteiger charge is -2.14. The van der Waals surface area contributed by atoms with Gasteiger partial charge in [-0.2, -0.15) is 0 Å². The number of amides is 1. The number of halogens is 1. The van der Waals surface area contributed by atoms with Gasteiger partial charge in [0.2, 0.25) is 5.91 Å². The molecule has 1 fully saturated rings. The molecule has 0 bridgehead atoms. The van der Waals surface area contributed by atoms with Crippen molar-refractivity contribution in [2.45, 2.75) is 45.2 Å². The maximum absolute atomic E-state index is 12.0. The van der Waals surface area contributed by atoms with Gasteiger partial charge >= 0.3 is 0 Å². The summed E-state index contributed by atoms with van der Waals surface area (Å²) in [5.41, 5.74) is 1.01. The van der Waals surface area contributed by atoms with Crippen molar-refractivity contribution in [2.24, 2.45) is 0 Å². The smallest absolute Gasteiger partial charge is 0.237 e. The van der Waals surface area contributed by atoms with E-state index in [9.17, 15) is 4.79 Å². The second-order valence-corrected chi connectivity index (χ2v) is 5.55. The molecule has 23 heavy (non-hydrogen) atoms. The number of unbranched alkanes of at least 4 members (excludes halogenated alkanes) is 1. The van der Waals surface area contributed by atoms with Crippen LogP contribution in [0, 0.1) is 0 Å². The maximum Gasteiger partial charge on any atom is 0.237 e. The molecule has 0 aromatic heterocycles. The van der Waals surface area contributed by atoms with Crippen LogP contribution in [-0.4, -0.2) is 32.2 Å². The molecule has 1 saturated heterocycles. The van der Waals surface area contributed by atoms with Gasteiger partial charge in [0.05, 0.1) is 19.8 Å². The zero-order valence-electron chi connectivity index (χ0n) is 13.9. The summed E-state index contributed by atoms with van der Waals surface area (Å²) in [5.74, 6) is 1.53. The number of carbonyl (C=O) groups is 1. The van der Waals surface area contributed by atoms with E-state index in [1.54, 1.807) is 7.11 Å². The SMILES string of the molecule is CCCCOc1ccc(CNC(=O)C2CCCN2)cc1OC.Cl. The van der Waals surface area contributed by atoms with Gasteiger partial charge in [-0.1, -0.05) is 19.4 Å². The molecule has 6 heteroatoms. The van der Waals surface area contributed by atoms with Gasteiger partial charge in [-0.3, -0.25) is 4.79 Å². The van der Waals surface area contributed by atoms with Gasteiger partial charge in [-0.15, -0.1) is 12.4 Å². The van der Waals surface area contributed by atoms with E-state index in [4.69, 9.17) is 9.47 Å². The summed E-state index contributed by atoms with van der Waals surface area (Å²) in [7, 11) is 1.63. The Kier molecular flexibility index (Phi) is 8.81. The Balaban J connectivity index is 0.00000264. The maximum atomic E-state index is 12.0. The average Bonchev–Trinajstić information content (AvgIpc) is 3.08. The molecule has 1 heterocycles. The molecule has 130 valence electrons. The van der Waals surface area contributed by atoms with E-state index >= 15 is 0 Å². The Hall–Kier alpha value is -1.46. The molecule has 1 aliphatic heterocycles. The molecule has 1 aromatic carbocycles. The van der Waals surface area contributed by atoms with Crippen molar-refractivity contribution in [3.05, 3.63) is 23.8 Å². The number of methoxy groups -OCH3 is 1. The first-order valence-electron chi connectivity index (χ1n) is 8.05. The highest BCUT2D eigenvalue weighted by molar-refractivity contribution is 5.85. The lowest BCUT2D eigenvalue weighted by atomic mass is 10.1. The highest BCUT2D eigenvalue weighted by atomic mass is 35.5. The van der Waals surface area contributed by atoms with E-state index in [1.807, 2.05) is 18.2 Å². The number of hydrogen-bond acceptors (Lipinski definition) is 4. The average molecular weight is 343 g/mol. The van der Waals surface area contributed by atoms with Crippen molar-refractivity contribution < 1.29 is 14.3 Å². The summed E-state index contributed by atoms with van der Waals surface area (Å²) in [6.45, 7) is 4.25. The predicted molar refractivity (Wildman–Crippen MR) is 93.5 cm³/mol. The fraction of sp³-hybridized carbons (Fsp3) is 0.588. The normalized spacial score (nSPS) is 16.5. The van der Waals surface area contributed by atoms with E-state index in [0.717, 1.165) is 43.5 Å². The summed E-state index contributed by atoms with van der Waals surface area (Å²) in [4.78, 5) is 12.0. The number of rotatable bonds is 8. The minimum absolute atomic E-state index is 0. The second-order valence-electron chi connectivity index (χ2n) is 5.55. The van der Waals surface area contributed by atoms with Crippen LogP contribution in [0.1, 0.15) is 38.2 Å². The topological polar surface area (TPSA) is 59.6 Å². The molecule has 5 nitrogen and oxygen atoms in total.